The van der Waals surface area contributed by atoms with Crippen molar-refractivity contribution in [1.82, 2.24) is 5.32 Å². The van der Waals surface area contributed by atoms with Gasteiger partial charge in [0.2, 0.25) is 0 Å². The Balaban J connectivity index is 1.89. The van der Waals surface area contributed by atoms with Crippen molar-refractivity contribution in [3.05, 3.63) is 30.1 Å². The number of nitrogens with one attached hydrogen (secondary N) is 1. The van der Waals surface area contributed by atoms with E-state index in [4.69, 9.17) is 4.74 Å². The Morgan fingerprint density at radius 2 is 2.25 bits per heavy atom. The van der Waals surface area contributed by atoms with Crippen LogP contribution in [0.15, 0.2) is 24.3 Å². The fourth-order valence-electron chi connectivity index (χ4n) is 1.84. The maximum atomic E-state index is 13.2. The smallest absolute Gasteiger partial charge is 0.165 e. The van der Waals surface area contributed by atoms with Gasteiger partial charge in [-0.25, -0.2) is 4.39 Å². The first-order chi connectivity index (χ1) is 7.77. The topological polar surface area (TPSA) is 41.5 Å². The molecular formula is C12H16FNO2. The van der Waals surface area contributed by atoms with Crippen molar-refractivity contribution in [3.8, 4) is 5.75 Å². The minimum absolute atomic E-state index is 0.0355. The van der Waals surface area contributed by atoms with Crippen molar-refractivity contribution >= 4 is 0 Å². The highest BCUT2D eigenvalue weighted by molar-refractivity contribution is 5.23. The molecule has 16 heavy (non-hydrogen) atoms. The molecule has 2 rings (SSSR count). The standard InChI is InChI=1S/C12H16FNO2/c13-10-3-1-2-4-12(10)16-8-9-7-14-6-5-11(9)15/h1-4,9,11,14-15H,5-8H2/t9?,11-/m1/s1. The Bertz CT molecular complexity index is 346. The van der Waals surface area contributed by atoms with E-state index in [0.29, 0.717) is 6.61 Å². The van der Waals surface area contributed by atoms with Crippen LogP contribution in [0.1, 0.15) is 6.42 Å². The molecule has 88 valence electrons. The summed E-state index contributed by atoms with van der Waals surface area (Å²) in [6.45, 7) is 1.89. The third kappa shape index (κ3) is 2.71. The van der Waals surface area contributed by atoms with E-state index >= 15 is 0 Å². The van der Waals surface area contributed by atoms with Crippen LogP contribution in [-0.2, 0) is 0 Å². The summed E-state index contributed by atoms with van der Waals surface area (Å²) < 4.78 is 18.6. The summed E-state index contributed by atoms with van der Waals surface area (Å²) in [6, 6.07) is 6.32. The normalized spacial score (nSPS) is 25.4. The van der Waals surface area contributed by atoms with E-state index in [1.165, 1.54) is 6.07 Å². The predicted molar refractivity (Wildman–Crippen MR) is 58.9 cm³/mol. The molecule has 1 saturated heterocycles. The zero-order chi connectivity index (χ0) is 11.4. The molecule has 2 N–H and O–H groups in total. The highest BCUT2D eigenvalue weighted by atomic mass is 19.1. The number of aliphatic hydroxyl groups excluding tert-OH is 1. The molecule has 0 radical (unpaired) electrons. The lowest BCUT2D eigenvalue weighted by molar-refractivity contribution is 0.0501. The summed E-state index contributed by atoms with van der Waals surface area (Å²) in [6.07, 6.45) is 0.374. The number of hydrogen-bond donors (Lipinski definition) is 2. The van der Waals surface area contributed by atoms with Crippen molar-refractivity contribution in [2.75, 3.05) is 19.7 Å². The molecule has 0 aliphatic carbocycles. The number of hydrogen-bond acceptors (Lipinski definition) is 3. The summed E-state index contributed by atoms with van der Waals surface area (Å²) in [7, 11) is 0. The van der Waals surface area contributed by atoms with Crippen LogP contribution >= 0.6 is 0 Å². The monoisotopic (exact) mass is 225 g/mol. The van der Waals surface area contributed by atoms with Gasteiger partial charge in [-0.3, -0.25) is 0 Å². The summed E-state index contributed by atoms with van der Waals surface area (Å²) in [5.41, 5.74) is 0. The summed E-state index contributed by atoms with van der Waals surface area (Å²) in [4.78, 5) is 0. The van der Waals surface area contributed by atoms with Gasteiger partial charge >= 0.3 is 0 Å². The Morgan fingerprint density at radius 3 is 3.00 bits per heavy atom. The lowest BCUT2D eigenvalue weighted by atomic mass is 9.97. The van der Waals surface area contributed by atoms with Gasteiger partial charge < -0.3 is 15.2 Å². The molecule has 0 amide bonds. The van der Waals surface area contributed by atoms with E-state index in [0.717, 1.165) is 19.5 Å². The van der Waals surface area contributed by atoms with Crippen LogP contribution < -0.4 is 10.1 Å². The second-order valence-electron chi connectivity index (χ2n) is 4.06. The largest absolute Gasteiger partial charge is 0.490 e. The van der Waals surface area contributed by atoms with Gasteiger partial charge in [0.25, 0.3) is 0 Å². The van der Waals surface area contributed by atoms with Crippen molar-refractivity contribution in [2.24, 2.45) is 5.92 Å². The van der Waals surface area contributed by atoms with Crippen molar-refractivity contribution < 1.29 is 14.2 Å². The molecule has 3 nitrogen and oxygen atoms in total. The lowest BCUT2D eigenvalue weighted by Crippen LogP contribution is -2.42. The van der Waals surface area contributed by atoms with Gasteiger partial charge in [0, 0.05) is 12.5 Å². The highest BCUT2D eigenvalue weighted by Crippen LogP contribution is 2.18. The quantitative estimate of drug-likeness (QED) is 0.811. The van der Waals surface area contributed by atoms with Crippen LogP contribution in [0.4, 0.5) is 4.39 Å². The average molecular weight is 225 g/mol. The van der Waals surface area contributed by atoms with Crippen molar-refractivity contribution in [3.63, 3.8) is 0 Å². The maximum Gasteiger partial charge on any atom is 0.165 e. The van der Waals surface area contributed by atoms with Gasteiger partial charge in [-0.2, -0.15) is 0 Å². The third-order valence-corrected chi connectivity index (χ3v) is 2.86. The molecule has 0 spiro atoms. The van der Waals surface area contributed by atoms with Crippen LogP contribution in [0.25, 0.3) is 0 Å². The van der Waals surface area contributed by atoms with E-state index in [-0.39, 0.29) is 23.6 Å². The number of piperidine rings is 1. The zero-order valence-corrected chi connectivity index (χ0v) is 9.03. The van der Waals surface area contributed by atoms with Gasteiger partial charge in [0.1, 0.15) is 0 Å². The van der Waals surface area contributed by atoms with E-state index in [1.54, 1.807) is 18.2 Å². The van der Waals surface area contributed by atoms with Gasteiger partial charge in [0.15, 0.2) is 11.6 Å². The van der Waals surface area contributed by atoms with Crippen LogP contribution in [0.5, 0.6) is 5.75 Å². The lowest BCUT2D eigenvalue weighted by Gasteiger charge is -2.28. The van der Waals surface area contributed by atoms with E-state index in [9.17, 15) is 9.50 Å². The molecule has 1 aliphatic heterocycles. The third-order valence-electron chi connectivity index (χ3n) is 2.86. The zero-order valence-electron chi connectivity index (χ0n) is 9.03. The van der Waals surface area contributed by atoms with E-state index in [2.05, 4.69) is 5.32 Å². The fourth-order valence-corrected chi connectivity index (χ4v) is 1.84. The second-order valence-corrected chi connectivity index (χ2v) is 4.06. The van der Waals surface area contributed by atoms with Crippen LogP contribution in [-0.4, -0.2) is 30.9 Å². The number of halogens is 1. The molecule has 1 aromatic carbocycles. The number of benzene rings is 1. The fraction of sp³-hybridized carbons (Fsp3) is 0.500. The molecule has 1 fully saturated rings. The van der Waals surface area contributed by atoms with Gasteiger partial charge in [0.05, 0.1) is 12.7 Å². The van der Waals surface area contributed by atoms with E-state index in [1.807, 2.05) is 0 Å². The van der Waals surface area contributed by atoms with Crippen LogP contribution in [0, 0.1) is 11.7 Å². The molecule has 0 saturated carbocycles. The maximum absolute atomic E-state index is 13.2. The number of aliphatic hydroxyl groups is 1. The first-order valence-corrected chi connectivity index (χ1v) is 5.53. The molecule has 1 heterocycles. The molecular weight excluding hydrogens is 209 g/mol. The van der Waals surface area contributed by atoms with Crippen LogP contribution in [0.3, 0.4) is 0 Å². The van der Waals surface area contributed by atoms with E-state index < -0.39 is 0 Å². The summed E-state index contributed by atoms with van der Waals surface area (Å²) in [5, 5.41) is 12.9. The van der Waals surface area contributed by atoms with Gasteiger partial charge in [-0.15, -0.1) is 0 Å². The molecule has 0 aromatic heterocycles. The van der Waals surface area contributed by atoms with Gasteiger partial charge in [-0.05, 0) is 25.1 Å². The Morgan fingerprint density at radius 1 is 1.44 bits per heavy atom. The summed E-state index contributed by atoms with van der Waals surface area (Å²) >= 11 is 0. The Hall–Kier alpha value is -1.13. The molecule has 4 heteroatoms. The number of ether oxygens (including phenoxy) is 1. The minimum Gasteiger partial charge on any atom is -0.490 e. The second kappa shape index (κ2) is 5.27. The highest BCUT2D eigenvalue weighted by Gasteiger charge is 2.23. The molecule has 1 unspecified atom stereocenters. The Labute approximate surface area is 94.2 Å². The Kier molecular flexibility index (Phi) is 3.74. The average Bonchev–Trinajstić information content (AvgIpc) is 2.30. The van der Waals surface area contributed by atoms with Crippen molar-refractivity contribution in [2.45, 2.75) is 12.5 Å². The molecule has 0 bridgehead atoms. The van der Waals surface area contributed by atoms with Gasteiger partial charge in [-0.1, -0.05) is 12.1 Å². The molecule has 1 aromatic rings. The van der Waals surface area contributed by atoms with Crippen LogP contribution in [0.2, 0.25) is 0 Å². The number of rotatable bonds is 3. The predicted octanol–water partition coefficient (Wildman–Crippen LogP) is 1.17. The first kappa shape index (κ1) is 11.4. The number of para-hydroxylation sites is 1. The van der Waals surface area contributed by atoms with Crippen molar-refractivity contribution in [1.29, 1.82) is 0 Å². The summed E-state index contributed by atoms with van der Waals surface area (Å²) in [5.74, 6) is -0.0746. The minimum atomic E-state index is -0.360. The first-order valence-electron chi connectivity index (χ1n) is 5.53. The molecule has 2 atom stereocenters. The molecule has 1 aliphatic rings. The SMILES string of the molecule is O[C@@H]1CCNCC1COc1ccccc1F.